The predicted molar refractivity (Wildman–Crippen MR) is 102 cm³/mol. The van der Waals surface area contributed by atoms with Gasteiger partial charge in [-0.25, -0.2) is 13.1 Å². The van der Waals surface area contributed by atoms with Crippen molar-refractivity contribution in [3.63, 3.8) is 0 Å². The van der Waals surface area contributed by atoms with Crippen LogP contribution in [0.2, 0.25) is 0 Å². The summed E-state index contributed by atoms with van der Waals surface area (Å²) < 4.78 is 32.4. The summed E-state index contributed by atoms with van der Waals surface area (Å²) in [6.07, 6.45) is 0.747. The number of nitrogens with one attached hydrogen (secondary N) is 2. The minimum absolute atomic E-state index is 0.0728. The van der Waals surface area contributed by atoms with Crippen LogP contribution in [0, 0.1) is 5.92 Å². The van der Waals surface area contributed by atoms with Gasteiger partial charge in [0.25, 0.3) is 5.91 Å². The van der Waals surface area contributed by atoms with Gasteiger partial charge >= 0.3 is 0 Å². The molecule has 0 unspecified atom stereocenters. The molecule has 6 nitrogen and oxygen atoms in total. The predicted octanol–water partition coefficient (Wildman–Crippen LogP) is 3.27. The van der Waals surface area contributed by atoms with E-state index in [9.17, 15) is 13.2 Å². The van der Waals surface area contributed by atoms with Crippen LogP contribution in [0.15, 0.2) is 53.4 Å². The maximum Gasteiger partial charge on any atom is 0.255 e. The quantitative estimate of drug-likeness (QED) is 0.740. The third kappa shape index (κ3) is 5.57. The van der Waals surface area contributed by atoms with E-state index in [1.165, 1.54) is 12.1 Å². The lowest BCUT2D eigenvalue weighted by atomic mass is 10.1. The highest BCUT2D eigenvalue weighted by atomic mass is 32.2. The van der Waals surface area contributed by atoms with Crippen LogP contribution in [-0.2, 0) is 10.0 Å². The van der Waals surface area contributed by atoms with E-state index in [1.807, 2.05) is 13.8 Å². The molecule has 0 fully saturated rings. The Balaban J connectivity index is 2.10. The molecule has 1 amide bonds. The minimum Gasteiger partial charge on any atom is -0.497 e. The fourth-order valence-corrected chi connectivity index (χ4v) is 3.34. The topological polar surface area (TPSA) is 84.5 Å². The molecule has 0 saturated heterocycles. The van der Waals surface area contributed by atoms with E-state index in [0.717, 1.165) is 6.42 Å². The Hall–Kier alpha value is -2.38. The van der Waals surface area contributed by atoms with E-state index < -0.39 is 10.0 Å². The zero-order valence-corrected chi connectivity index (χ0v) is 16.0. The van der Waals surface area contributed by atoms with Gasteiger partial charge in [0.2, 0.25) is 10.0 Å². The fraction of sp³-hybridized carbons (Fsp3) is 0.316. The number of amides is 1. The maximum absolute atomic E-state index is 12.4. The first-order chi connectivity index (χ1) is 12.3. The standard InChI is InChI=1S/C19H24N2O4S/c1-14(2)11-12-20-26(23,24)18-6-4-5-15(13-18)19(22)21-16-7-9-17(25-3)10-8-16/h4-10,13-14,20H,11-12H2,1-3H3,(H,21,22). The number of anilines is 1. The highest BCUT2D eigenvalue weighted by Gasteiger charge is 2.16. The van der Waals surface area contributed by atoms with Gasteiger partial charge in [-0.05, 0) is 54.8 Å². The zero-order chi connectivity index (χ0) is 19.2. The molecule has 0 saturated carbocycles. The Kier molecular flexibility index (Phi) is 6.76. The lowest BCUT2D eigenvalue weighted by molar-refractivity contribution is 0.102. The van der Waals surface area contributed by atoms with Crippen LogP contribution in [-0.4, -0.2) is 28.0 Å². The minimum atomic E-state index is -3.64. The maximum atomic E-state index is 12.4. The molecule has 0 spiro atoms. The van der Waals surface area contributed by atoms with Crippen LogP contribution >= 0.6 is 0 Å². The first kappa shape index (κ1) is 19.9. The molecule has 2 aromatic rings. The Morgan fingerprint density at radius 3 is 2.42 bits per heavy atom. The van der Waals surface area contributed by atoms with E-state index in [1.54, 1.807) is 43.5 Å². The van der Waals surface area contributed by atoms with Gasteiger partial charge in [0.1, 0.15) is 5.75 Å². The summed E-state index contributed by atoms with van der Waals surface area (Å²) in [7, 11) is -2.08. The Morgan fingerprint density at radius 2 is 1.81 bits per heavy atom. The van der Waals surface area contributed by atoms with Crippen molar-refractivity contribution in [3.05, 3.63) is 54.1 Å². The van der Waals surface area contributed by atoms with Gasteiger partial charge in [-0.2, -0.15) is 0 Å². The van der Waals surface area contributed by atoms with Crippen LogP contribution in [0.1, 0.15) is 30.6 Å². The second-order valence-corrected chi connectivity index (χ2v) is 8.06. The molecule has 0 bridgehead atoms. The molecular formula is C19H24N2O4S. The van der Waals surface area contributed by atoms with E-state index >= 15 is 0 Å². The summed E-state index contributed by atoms with van der Waals surface area (Å²) >= 11 is 0. The van der Waals surface area contributed by atoms with Crippen LogP contribution in [0.4, 0.5) is 5.69 Å². The number of ether oxygens (including phenoxy) is 1. The molecular weight excluding hydrogens is 352 g/mol. The first-order valence-corrected chi connectivity index (χ1v) is 9.85. The van der Waals surface area contributed by atoms with Gasteiger partial charge in [0, 0.05) is 17.8 Å². The van der Waals surface area contributed by atoms with Crippen molar-refractivity contribution in [1.29, 1.82) is 0 Å². The molecule has 0 aliphatic heterocycles. The average molecular weight is 376 g/mol. The largest absolute Gasteiger partial charge is 0.497 e. The number of carbonyl (C=O) groups is 1. The lowest BCUT2D eigenvalue weighted by Gasteiger charge is -2.10. The lowest BCUT2D eigenvalue weighted by Crippen LogP contribution is -2.26. The van der Waals surface area contributed by atoms with Crippen molar-refractivity contribution in [3.8, 4) is 5.75 Å². The molecule has 0 radical (unpaired) electrons. The number of rotatable bonds is 8. The van der Waals surface area contributed by atoms with Crippen molar-refractivity contribution in [2.75, 3.05) is 19.0 Å². The summed E-state index contributed by atoms with van der Waals surface area (Å²) in [4.78, 5) is 12.5. The smallest absolute Gasteiger partial charge is 0.255 e. The third-order valence-corrected chi connectivity index (χ3v) is 5.23. The summed E-state index contributed by atoms with van der Waals surface area (Å²) in [6, 6.07) is 12.9. The fourth-order valence-electron chi connectivity index (χ4n) is 2.25. The number of hydrogen-bond donors (Lipinski definition) is 2. The molecule has 2 aromatic carbocycles. The highest BCUT2D eigenvalue weighted by molar-refractivity contribution is 7.89. The summed E-state index contributed by atoms with van der Waals surface area (Å²) in [6.45, 7) is 4.42. The monoisotopic (exact) mass is 376 g/mol. The molecule has 2 N–H and O–H groups in total. The van der Waals surface area contributed by atoms with Crippen molar-refractivity contribution in [2.24, 2.45) is 5.92 Å². The molecule has 26 heavy (non-hydrogen) atoms. The van der Waals surface area contributed by atoms with Crippen molar-refractivity contribution < 1.29 is 17.9 Å². The molecule has 0 aromatic heterocycles. The SMILES string of the molecule is COc1ccc(NC(=O)c2cccc(S(=O)(=O)NCCC(C)C)c2)cc1. The van der Waals surface area contributed by atoms with E-state index in [0.29, 0.717) is 23.9 Å². The van der Waals surface area contributed by atoms with Gasteiger partial charge in [-0.15, -0.1) is 0 Å². The van der Waals surface area contributed by atoms with Crippen molar-refractivity contribution >= 4 is 21.6 Å². The van der Waals surface area contributed by atoms with Gasteiger partial charge in [-0.1, -0.05) is 19.9 Å². The second kappa shape index (κ2) is 8.82. The zero-order valence-electron chi connectivity index (χ0n) is 15.2. The number of methoxy groups -OCH3 is 1. The van der Waals surface area contributed by atoms with Gasteiger partial charge < -0.3 is 10.1 Å². The number of carbonyl (C=O) groups excluding carboxylic acids is 1. The summed E-state index contributed by atoms with van der Waals surface area (Å²) in [5, 5.41) is 2.74. The average Bonchev–Trinajstić information content (AvgIpc) is 2.62. The van der Waals surface area contributed by atoms with E-state index in [4.69, 9.17) is 4.74 Å². The van der Waals surface area contributed by atoms with Crippen LogP contribution in [0.5, 0.6) is 5.75 Å². The number of hydrogen-bond acceptors (Lipinski definition) is 4. The van der Waals surface area contributed by atoms with Crippen molar-refractivity contribution in [1.82, 2.24) is 4.72 Å². The first-order valence-electron chi connectivity index (χ1n) is 8.37. The van der Waals surface area contributed by atoms with E-state index in [2.05, 4.69) is 10.0 Å². The van der Waals surface area contributed by atoms with Gasteiger partial charge in [0.05, 0.1) is 12.0 Å². The van der Waals surface area contributed by atoms with Crippen LogP contribution in [0.3, 0.4) is 0 Å². The van der Waals surface area contributed by atoms with Gasteiger partial charge in [0.15, 0.2) is 0 Å². The molecule has 0 heterocycles. The van der Waals surface area contributed by atoms with Crippen molar-refractivity contribution in [2.45, 2.75) is 25.2 Å². The van der Waals surface area contributed by atoms with Crippen LogP contribution in [0.25, 0.3) is 0 Å². The Bertz CT molecular complexity index is 846. The summed E-state index contributed by atoms with van der Waals surface area (Å²) in [5.74, 6) is 0.706. The molecule has 0 aliphatic carbocycles. The third-order valence-electron chi connectivity index (χ3n) is 3.77. The molecule has 0 atom stereocenters. The molecule has 7 heteroatoms. The van der Waals surface area contributed by atoms with Gasteiger partial charge in [-0.3, -0.25) is 4.79 Å². The van der Waals surface area contributed by atoms with E-state index in [-0.39, 0.29) is 16.4 Å². The second-order valence-electron chi connectivity index (χ2n) is 6.29. The Labute approximate surface area is 154 Å². The normalized spacial score (nSPS) is 11.4. The summed E-state index contributed by atoms with van der Waals surface area (Å²) in [5.41, 5.74) is 0.867. The molecule has 0 aliphatic rings. The van der Waals surface area contributed by atoms with Crippen LogP contribution < -0.4 is 14.8 Å². The number of benzene rings is 2. The Morgan fingerprint density at radius 1 is 1.12 bits per heavy atom. The highest BCUT2D eigenvalue weighted by Crippen LogP contribution is 2.17. The number of sulfonamides is 1. The molecule has 140 valence electrons. The molecule has 2 rings (SSSR count).